The first-order valence-corrected chi connectivity index (χ1v) is 6.01. The lowest BCUT2D eigenvalue weighted by Gasteiger charge is -2.00. The number of nitrogens with two attached hydrogens (primary N) is 1. The number of anilines is 1. The molecule has 0 saturated carbocycles. The molecular weight excluding hydrogens is 238 g/mol. The van der Waals surface area contributed by atoms with E-state index in [0.29, 0.717) is 31.1 Å². The van der Waals surface area contributed by atoms with Gasteiger partial charge in [-0.3, -0.25) is 4.79 Å². The fourth-order valence-corrected chi connectivity index (χ4v) is 1.79. The van der Waals surface area contributed by atoms with Gasteiger partial charge in [-0.15, -0.1) is 0 Å². The Morgan fingerprint density at radius 2 is 2.53 bits per heavy atom. The van der Waals surface area contributed by atoms with Crippen LogP contribution in [0.4, 0.5) is 5.13 Å². The summed E-state index contributed by atoms with van der Waals surface area (Å²) in [5, 5.41) is 3.28. The first-order chi connectivity index (χ1) is 8.26. The maximum Gasteiger partial charge on any atom is 0.226 e. The van der Waals surface area contributed by atoms with Crippen LogP contribution < -0.4 is 11.1 Å². The molecule has 6 heteroatoms. The van der Waals surface area contributed by atoms with E-state index in [-0.39, 0.29) is 5.91 Å². The maximum atomic E-state index is 11.5. The molecule has 0 aliphatic rings. The van der Waals surface area contributed by atoms with Crippen LogP contribution >= 0.6 is 11.3 Å². The summed E-state index contributed by atoms with van der Waals surface area (Å²) in [4.78, 5) is 16.3. The molecule has 0 bridgehead atoms. The third kappa shape index (κ3) is 5.45. The zero-order valence-corrected chi connectivity index (χ0v) is 10.5. The minimum atomic E-state index is -0.0604. The quantitative estimate of drug-likeness (QED) is 0.601. The Hall–Kier alpha value is -1.42. The van der Waals surface area contributed by atoms with Gasteiger partial charge in [0.15, 0.2) is 5.13 Å². The van der Waals surface area contributed by atoms with Gasteiger partial charge < -0.3 is 15.8 Å². The van der Waals surface area contributed by atoms with E-state index in [4.69, 9.17) is 10.5 Å². The second-order valence-corrected chi connectivity index (χ2v) is 4.21. The number of carbonyl (C=O) groups is 1. The van der Waals surface area contributed by atoms with Crippen molar-refractivity contribution in [1.29, 1.82) is 0 Å². The van der Waals surface area contributed by atoms with Crippen LogP contribution in [0.1, 0.15) is 17.7 Å². The molecule has 0 spiro atoms. The molecule has 17 heavy (non-hydrogen) atoms. The number of rotatable bonds is 5. The predicted octanol–water partition coefficient (Wildman–Crippen LogP) is 0.818. The molecule has 0 saturated heterocycles. The van der Waals surface area contributed by atoms with E-state index in [1.807, 2.05) is 0 Å². The van der Waals surface area contributed by atoms with E-state index in [0.717, 1.165) is 4.88 Å². The predicted molar refractivity (Wildman–Crippen MR) is 67.8 cm³/mol. The van der Waals surface area contributed by atoms with E-state index in [2.05, 4.69) is 22.1 Å². The lowest BCUT2D eigenvalue weighted by atomic mass is 10.3. The van der Waals surface area contributed by atoms with Crippen molar-refractivity contribution >= 4 is 22.4 Å². The Morgan fingerprint density at radius 1 is 1.71 bits per heavy atom. The van der Waals surface area contributed by atoms with Crippen LogP contribution in [0.25, 0.3) is 0 Å². The Labute approximate surface area is 104 Å². The van der Waals surface area contributed by atoms with Crippen LogP contribution in [0.2, 0.25) is 0 Å². The Balaban J connectivity index is 2.40. The van der Waals surface area contributed by atoms with Gasteiger partial charge in [0, 0.05) is 20.1 Å². The van der Waals surface area contributed by atoms with Gasteiger partial charge >= 0.3 is 0 Å². The highest BCUT2D eigenvalue weighted by Crippen LogP contribution is 2.17. The SMILES string of the molecule is COCCCC(=O)Nc1ncc(C#CCN)s1. The molecule has 0 aliphatic carbocycles. The van der Waals surface area contributed by atoms with Gasteiger partial charge in [0.05, 0.1) is 17.6 Å². The number of amides is 1. The van der Waals surface area contributed by atoms with E-state index >= 15 is 0 Å². The number of methoxy groups -OCH3 is 1. The number of nitrogens with zero attached hydrogens (tertiary/aromatic N) is 1. The second-order valence-electron chi connectivity index (χ2n) is 3.18. The van der Waals surface area contributed by atoms with Crippen molar-refractivity contribution in [2.75, 3.05) is 25.6 Å². The molecule has 92 valence electrons. The third-order valence-electron chi connectivity index (χ3n) is 1.82. The van der Waals surface area contributed by atoms with Crippen LogP contribution in [0.15, 0.2) is 6.20 Å². The largest absolute Gasteiger partial charge is 0.385 e. The summed E-state index contributed by atoms with van der Waals surface area (Å²) >= 11 is 1.34. The van der Waals surface area contributed by atoms with Gasteiger partial charge in [-0.1, -0.05) is 23.2 Å². The van der Waals surface area contributed by atoms with Gasteiger partial charge in [-0.05, 0) is 6.42 Å². The number of nitrogens with one attached hydrogen (secondary N) is 1. The van der Waals surface area contributed by atoms with E-state index < -0.39 is 0 Å². The molecule has 1 aromatic heterocycles. The summed E-state index contributed by atoms with van der Waals surface area (Å²) in [7, 11) is 1.61. The molecule has 1 rings (SSSR count). The Bertz CT molecular complexity index is 420. The fraction of sp³-hybridized carbons (Fsp3) is 0.455. The molecule has 0 atom stereocenters. The van der Waals surface area contributed by atoms with Crippen molar-refractivity contribution in [3.05, 3.63) is 11.1 Å². The van der Waals surface area contributed by atoms with Gasteiger partial charge in [-0.2, -0.15) is 0 Å². The van der Waals surface area contributed by atoms with Crippen molar-refractivity contribution in [3.63, 3.8) is 0 Å². The van der Waals surface area contributed by atoms with Gasteiger partial charge in [0.1, 0.15) is 0 Å². The maximum absolute atomic E-state index is 11.5. The van der Waals surface area contributed by atoms with Gasteiger partial charge in [0.25, 0.3) is 0 Å². The summed E-state index contributed by atoms with van der Waals surface area (Å²) in [5.41, 5.74) is 5.26. The van der Waals surface area contributed by atoms with E-state index in [1.54, 1.807) is 13.3 Å². The molecule has 0 radical (unpaired) electrons. The highest BCUT2D eigenvalue weighted by Gasteiger charge is 2.05. The highest BCUT2D eigenvalue weighted by molar-refractivity contribution is 7.16. The van der Waals surface area contributed by atoms with Crippen molar-refractivity contribution in [2.24, 2.45) is 5.73 Å². The Kier molecular flexibility index (Phi) is 6.25. The average molecular weight is 253 g/mol. The number of hydrogen-bond acceptors (Lipinski definition) is 5. The van der Waals surface area contributed by atoms with Crippen molar-refractivity contribution in [1.82, 2.24) is 4.98 Å². The lowest BCUT2D eigenvalue weighted by Crippen LogP contribution is -2.11. The molecule has 1 aromatic rings. The van der Waals surface area contributed by atoms with Crippen LogP contribution in [0, 0.1) is 11.8 Å². The van der Waals surface area contributed by atoms with Crippen LogP contribution in [-0.4, -0.2) is 31.2 Å². The number of carbonyl (C=O) groups excluding carboxylic acids is 1. The number of aromatic nitrogens is 1. The molecule has 0 aliphatic heterocycles. The summed E-state index contributed by atoms with van der Waals surface area (Å²) in [6.45, 7) is 0.898. The molecule has 1 amide bonds. The third-order valence-corrected chi connectivity index (χ3v) is 2.65. The number of thiazole rings is 1. The minimum Gasteiger partial charge on any atom is -0.385 e. The van der Waals surface area contributed by atoms with E-state index in [9.17, 15) is 4.79 Å². The molecule has 0 unspecified atom stereocenters. The molecule has 0 aromatic carbocycles. The molecule has 3 N–H and O–H groups in total. The average Bonchev–Trinajstić information content (AvgIpc) is 2.74. The van der Waals surface area contributed by atoms with Crippen LogP contribution in [0.3, 0.4) is 0 Å². The summed E-state index contributed by atoms with van der Waals surface area (Å²) in [5.74, 6) is 5.53. The van der Waals surface area contributed by atoms with Crippen LogP contribution in [-0.2, 0) is 9.53 Å². The van der Waals surface area contributed by atoms with Crippen molar-refractivity contribution < 1.29 is 9.53 Å². The second kappa shape index (κ2) is 7.79. The van der Waals surface area contributed by atoms with Crippen LogP contribution in [0.5, 0.6) is 0 Å². The van der Waals surface area contributed by atoms with Crippen molar-refractivity contribution in [2.45, 2.75) is 12.8 Å². The minimum absolute atomic E-state index is 0.0604. The fourth-order valence-electron chi connectivity index (χ4n) is 1.09. The standard InChI is InChI=1S/C11H15N3O2S/c1-16-7-3-5-10(15)14-11-13-8-9(17-11)4-2-6-12/h8H,3,5-7,12H2,1H3,(H,13,14,15). The molecular formula is C11H15N3O2S. The Morgan fingerprint density at radius 3 is 3.24 bits per heavy atom. The summed E-state index contributed by atoms with van der Waals surface area (Å²) in [6.07, 6.45) is 2.75. The summed E-state index contributed by atoms with van der Waals surface area (Å²) < 4.78 is 4.87. The first-order valence-electron chi connectivity index (χ1n) is 5.20. The number of ether oxygens (including phenoxy) is 1. The zero-order chi connectivity index (χ0) is 12.5. The zero-order valence-electron chi connectivity index (χ0n) is 9.66. The van der Waals surface area contributed by atoms with Gasteiger partial charge in [0.2, 0.25) is 5.91 Å². The smallest absolute Gasteiger partial charge is 0.226 e. The molecule has 1 heterocycles. The number of hydrogen-bond donors (Lipinski definition) is 2. The first kappa shape index (κ1) is 13.6. The van der Waals surface area contributed by atoms with Gasteiger partial charge in [-0.25, -0.2) is 4.98 Å². The molecule has 5 nitrogen and oxygen atoms in total. The van der Waals surface area contributed by atoms with E-state index in [1.165, 1.54) is 11.3 Å². The highest BCUT2D eigenvalue weighted by atomic mass is 32.1. The molecule has 0 fully saturated rings. The monoisotopic (exact) mass is 253 g/mol. The van der Waals surface area contributed by atoms with Crippen molar-refractivity contribution in [3.8, 4) is 11.8 Å². The lowest BCUT2D eigenvalue weighted by molar-refractivity contribution is -0.116. The summed E-state index contributed by atoms with van der Waals surface area (Å²) in [6, 6.07) is 0. The normalized spacial score (nSPS) is 9.53. The topological polar surface area (TPSA) is 77.2 Å².